The zero-order chi connectivity index (χ0) is 11.8. The maximum atomic E-state index is 11.8. The summed E-state index contributed by atoms with van der Waals surface area (Å²) >= 11 is 0. The normalized spacial score (nSPS) is 27.9. The molecule has 2 aliphatic rings. The Kier molecular flexibility index (Phi) is 3.18. The fourth-order valence-corrected chi connectivity index (χ4v) is 3.70. The van der Waals surface area contributed by atoms with Crippen LogP contribution in [0.1, 0.15) is 12.8 Å². The van der Waals surface area contributed by atoms with E-state index >= 15 is 0 Å². The van der Waals surface area contributed by atoms with Crippen LogP contribution in [0.15, 0.2) is 0 Å². The summed E-state index contributed by atoms with van der Waals surface area (Å²) in [4.78, 5) is 10.6. The first kappa shape index (κ1) is 11.8. The van der Waals surface area contributed by atoms with Gasteiger partial charge in [0, 0.05) is 19.7 Å². The Labute approximate surface area is 94.2 Å². The fraction of sp³-hybridized carbons (Fsp3) is 0.889. The molecule has 6 nitrogen and oxygen atoms in total. The van der Waals surface area contributed by atoms with Gasteiger partial charge in [-0.1, -0.05) is 0 Å². The van der Waals surface area contributed by atoms with Crippen LogP contribution in [-0.2, 0) is 19.6 Å². The molecule has 16 heavy (non-hydrogen) atoms. The van der Waals surface area contributed by atoms with Crippen LogP contribution >= 0.6 is 0 Å². The molecule has 0 spiro atoms. The van der Waals surface area contributed by atoms with E-state index in [-0.39, 0.29) is 24.9 Å². The first-order chi connectivity index (χ1) is 7.49. The summed E-state index contributed by atoms with van der Waals surface area (Å²) < 4.78 is 30.1. The van der Waals surface area contributed by atoms with Gasteiger partial charge in [0.05, 0.1) is 17.8 Å². The molecule has 0 aromatic rings. The highest BCUT2D eigenvalue weighted by Crippen LogP contribution is 2.23. The van der Waals surface area contributed by atoms with Crippen molar-refractivity contribution in [3.05, 3.63) is 0 Å². The molecule has 1 N–H and O–H groups in total. The number of carboxylic acid groups (broad SMARTS) is 1. The minimum atomic E-state index is -3.33. The van der Waals surface area contributed by atoms with Gasteiger partial charge in [-0.15, -0.1) is 0 Å². The molecule has 2 saturated heterocycles. The first-order valence-corrected chi connectivity index (χ1v) is 6.92. The van der Waals surface area contributed by atoms with Crippen molar-refractivity contribution in [3.63, 3.8) is 0 Å². The molecule has 2 rings (SSSR count). The Morgan fingerprint density at radius 2 is 2.12 bits per heavy atom. The van der Waals surface area contributed by atoms with Crippen LogP contribution in [0.4, 0.5) is 0 Å². The third-order valence-electron chi connectivity index (χ3n) is 3.01. The van der Waals surface area contributed by atoms with Crippen molar-refractivity contribution in [2.75, 3.05) is 25.4 Å². The van der Waals surface area contributed by atoms with Gasteiger partial charge < -0.3 is 9.84 Å². The number of hydrogen-bond acceptors (Lipinski definition) is 4. The minimum absolute atomic E-state index is 0.0145. The molecule has 2 heterocycles. The molecule has 0 radical (unpaired) electrons. The zero-order valence-electron chi connectivity index (χ0n) is 8.83. The predicted octanol–water partition coefficient (Wildman–Crippen LogP) is -0.488. The van der Waals surface area contributed by atoms with Gasteiger partial charge in [-0.05, 0) is 12.8 Å². The molecule has 2 aliphatic heterocycles. The molecule has 1 atom stereocenters. The highest BCUT2D eigenvalue weighted by Gasteiger charge is 2.40. The van der Waals surface area contributed by atoms with Crippen molar-refractivity contribution in [1.29, 1.82) is 0 Å². The Morgan fingerprint density at radius 1 is 1.44 bits per heavy atom. The summed E-state index contributed by atoms with van der Waals surface area (Å²) in [5.41, 5.74) is 0. The Hall–Kier alpha value is -0.660. The quantitative estimate of drug-likeness (QED) is 0.727. The molecule has 92 valence electrons. The SMILES string of the molecule is O=C(O)C1CN(S(=O)(=O)CC2CCCO2)C1. The van der Waals surface area contributed by atoms with Crippen molar-refractivity contribution >= 4 is 16.0 Å². The number of rotatable bonds is 4. The van der Waals surface area contributed by atoms with Crippen LogP contribution in [-0.4, -0.2) is 55.4 Å². The predicted molar refractivity (Wildman–Crippen MR) is 55.5 cm³/mol. The van der Waals surface area contributed by atoms with Gasteiger partial charge >= 0.3 is 5.97 Å². The third-order valence-corrected chi connectivity index (χ3v) is 4.89. The van der Waals surface area contributed by atoms with Gasteiger partial charge in [-0.3, -0.25) is 4.79 Å². The Balaban J connectivity index is 1.86. The number of sulfonamides is 1. The van der Waals surface area contributed by atoms with Crippen LogP contribution in [0.2, 0.25) is 0 Å². The van der Waals surface area contributed by atoms with Crippen LogP contribution < -0.4 is 0 Å². The summed E-state index contributed by atoms with van der Waals surface area (Å²) in [5.74, 6) is -1.48. The molecule has 0 bridgehead atoms. The lowest BCUT2D eigenvalue weighted by Crippen LogP contribution is -2.54. The molecule has 0 saturated carbocycles. The minimum Gasteiger partial charge on any atom is -0.481 e. The molecule has 0 aromatic carbocycles. The molecule has 0 amide bonds. The lowest BCUT2D eigenvalue weighted by Gasteiger charge is -2.35. The van der Waals surface area contributed by atoms with Crippen LogP contribution in [0.3, 0.4) is 0 Å². The van der Waals surface area contributed by atoms with Gasteiger partial charge in [0.2, 0.25) is 10.0 Å². The van der Waals surface area contributed by atoms with E-state index in [1.807, 2.05) is 0 Å². The van der Waals surface area contributed by atoms with Gasteiger partial charge in [0.15, 0.2) is 0 Å². The fourth-order valence-electron chi connectivity index (χ4n) is 1.94. The summed E-state index contributed by atoms with van der Waals surface area (Å²) in [5, 5.41) is 8.65. The highest BCUT2D eigenvalue weighted by molar-refractivity contribution is 7.89. The van der Waals surface area contributed by atoms with Crippen LogP contribution in [0.25, 0.3) is 0 Å². The lowest BCUT2D eigenvalue weighted by atomic mass is 10.0. The molecule has 2 fully saturated rings. The van der Waals surface area contributed by atoms with Crippen molar-refractivity contribution < 1.29 is 23.1 Å². The van der Waals surface area contributed by atoms with E-state index in [2.05, 4.69) is 0 Å². The lowest BCUT2D eigenvalue weighted by molar-refractivity contribution is -0.145. The van der Waals surface area contributed by atoms with Crippen molar-refractivity contribution in [2.24, 2.45) is 5.92 Å². The smallest absolute Gasteiger partial charge is 0.309 e. The molecule has 7 heteroatoms. The average Bonchev–Trinajstić information content (AvgIpc) is 2.50. The maximum absolute atomic E-state index is 11.8. The van der Waals surface area contributed by atoms with Crippen molar-refractivity contribution in [1.82, 2.24) is 4.31 Å². The van der Waals surface area contributed by atoms with Crippen molar-refractivity contribution in [2.45, 2.75) is 18.9 Å². The van der Waals surface area contributed by atoms with Crippen LogP contribution in [0, 0.1) is 5.92 Å². The summed E-state index contributed by atoms with van der Waals surface area (Å²) in [6.45, 7) is 0.826. The van der Waals surface area contributed by atoms with Gasteiger partial charge in [-0.25, -0.2) is 12.7 Å². The number of carboxylic acids is 1. The molecular formula is C9H15NO5S. The Bertz CT molecular complexity index is 367. The van der Waals surface area contributed by atoms with Gasteiger partial charge in [0.25, 0.3) is 0 Å². The number of carbonyl (C=O) groups is 1. The topological polar surface area (TPSA) is 83.9 Å². The average molecular weight is 249 g/mol. The number of hydrogen-bond donors (Lipinski definition) is 1. The van der Waals surface area contributed by atoms with E-state index in [1.54, 1.807) is 0 Å². The van der Waals surface area contributed by atoms with E-state index in [1.165, 1.54) is 4.31 Å². The van der Waals surface area contributed by atoms with Gasteiger partial charge in [-0.2, -0.15) is 0 Å². The summed E-state index contributed by atoms with van der Waals surface area (Å²) in [7, 11) is -3.33. The maximum Gasteiger partial charge on any atom is 0.309 e. The second kappa shape index (κ2) is 4.31. The first-order valence-electron chi connectivity index (χ1n) is 5.31. The zero-order valence-corrected chi connectivity index (χ0v) is 9.65. The monoisotopic (exact) mass is 249 g/mol. The number of nitrogens with zero attached hydrogens (tertiary/aromatic N) is 1. The standard InChI is InChI=1S/C9H15NO5S/c11-9(12)7-4-10(5-7)16(13,14)6-8-2-1-3-15-8/h7-8H,1-6H2,(H,11,12). The number of aliphatic carboxylic acids is 1. The van der Waals surface area contributed by atoms with E-state index in [0.29, 0.717) is 6.61 Å². The van der Waals surface area contributed by atoms with E-state index in [0.717, 1.165) is 12.8 Å². The molecule has 1 unspecified atom stereocenters. The highest BCUT2D eigenvalue weighted by atomic mass is 32.2. The van der Waals surface area contributed by atoms with Crippen molar-refractivity contribution in [3.8, 4) is 0 Å². The second-order valence-electron chi connectivity index (χ2n) is 4.27. The van der Waals surface area contributed by atoms with Crippen LogP contribution in [0.5, 0.6) is 0 Å². The summed E-state index contributed by atoms with van der Waals surface area (Å²) in [6, 6.07) is 0. The van der Waals surface area contributed by atoms with E-state index in [9.17, 15) is 13.2 Å². The van der Waals surface area contributed by atoms with E-state index in [4.69, 9.17) is 9.84 Å². The summed E-state index contributed by atoms with van der Waals surface area (Å²) in [6.07, 6.45) is 1.46. The Morgan fingerprint density at radius 3 is 2.62 bits per heavy atom. The largest absolute Gasteiger partial charge is 0.481 e. The second-order valence-corrected chi connectivity index (χ2v) is 6.28. The third kappa shape index (κ3) is 2.36. The molecular weight excluding hydrogens is 234 g/mol. The van der Waals surface area contributed by atoms with E-state index < -0.39 is 21.9 Å². The molecule has 0 aliphatic carbocycles. The molecule has 0 aromatic heterocycles. The number of ether oxygens (including phenoxy) is 1. The van der Waals surface area contributed by atoms with Gasteiger partial charge in [0.1, 0.15) is 0 Å².